The Kier molecular flexibility index (Phi) is 5.27. The standard InChI is InChI=1S/C15H15N3O5S/c16-24(22,23)10-12-1-5-13(6-2-12)17-15(19)9-11-3-7-14(8-4-11)18(20)21/h1-8H,9-10H2,(H,17,19)(H2,16,22,23). The van der Waals surface area contributed by atoms with Gasteiger partial charge >= 0.3 is 0 Å². The molecule has 2 rings (SSSR count). The second-order valence-corrected chi connectivity index (χ2v) is 6.77. The summed E-state index contributed by atoms with van der Waals surface area (Å²) in [6.45, 7) is 0. The van der Waals surface area contributed by atoms with Gasteiger partial charge in [-0.15, -0.1) is 0 Å². The van der Waals surface area contributed by atoms with Crippen molar-refractivity contribution in [1.29, 1.82) is 0 Å². The Bertz CT molecular complexity index is 846. The van der Waals surface area contributed by atoms with Gasteiger partial charge in [-0.05, 0) is 23.3 Å². The van der Waals surface area contributed by atoms with Crippen LogP contribution in [-0.4, -0.2) is 19.2 Å². The lowest BCUT2D eigenvalue weighted by Crippen LogP contribution is -2.15. The van der Waals surface area contributed by atoms with E-state index < -0.39 is 14.9 Å². The fraction of sp³-hybridized carbons (Fsp3) is 0.133. The molecule has 126 valence electrons. The van der Waals surface area contributed by atoms with Crippen molar-refractivity contribution in [1.82, 2.24) is 0 Å². The summed E-state index contributed by atoms with van der Waals surface area (Å²) in [5.74, 6) is -0.563. The Morgan fingerprint density at radius 3 is 2.08 bits per heavy atom. The molecule has 0 unspecified atom stereocenters. The molecular weight excluding hydrogens is 334 g/mol. The fourth-order valence-corrected chi connectivity index (χ4v) is 2.70. The number of non-ortho nitro benzene ring substituents is 1. The molecule has 9 heteroatoms. The quantitative estimate of drug-likeness (QED) is 0.603. The molecule has 8 nitrogen and oxygen atoms in total. The summed E-state index contributed by atoms with van der Waals surface area (Å²) in [6, 6.07) is 12.0. The number of benzene rings is 2. The zero-order chi connectivity index (χ0) is 17.7. The Labute approximate surface area is 138 Å². The minimum Gasteiger partial charge on any atom is -0.326 e. The molecule has 0 atom stereocenters. The molecule has 0 aliphatic heterocycles. The number of anilines is 1. The van der Waals surface area contributed by atoms with E-state index in [4.69, 9.17) is 5.14 Å². The summed E-state index contributed by atoms with van der Waals surface area (Å²) in [5, 5.41) is 18.2. The van der Waals surface area contributed by atoms with Crippen LogP contribution in [0, 0.1) is 10.1 Å². The van der Waals surface area contributed by atoms with Crippen LogP contribution in [0.25, 0.3) is 0 Å². The van der Waals surface area contributed by atoms with Crippen molar-refractivity contribution >= 4 is 27.3 Å². The molecule has 2 aromatic rings. The van der Waals surface area contributed by atoms with Crippen molar-refractivity contribution < 1.29 is 18.1 Å². The predicted octanol–water partition coefficient (Wildman–Crippen LogP) is 1.56. The number of amides is 1. The smallest absolute Gasteiger partial charge is 0.269 e. The number of nitro benzene ring substituents is 1. The third kappa shape index (κ3) is 5.45. The molecule has 0 aromatic heterocycles. The van der Waals surface area contributed by atoms with E-state index in [1.807, 2.05) is 0 Å². The Balaban J connectivity index is 1.95. The molecule has 2 aromatic carbocycles. The van der Waals surface area contributed by atoms with Crippen LogP contribution in [0.3, 0.4) is 0 Å². The van der Waals surface area contributed by atoms with E-state index in [2.05, 4.69) is 5.32 Å². The van der Waals surface area contributed by atoms with Crippen LogP contribution in [-0.2, 0) is 27.0 Å². The van der Waals surface area contributed by atoms with Crippen molar-refractivity contribution in [2.24, 2.45) is 5.14 Å². The summed E-state index contributed by atoms with van der Waals surface area (Å²) in [6.07, 6.45) is 0.0664. The summed E-state index contributed by atoms with van der Waals surface area (Å²) in [5.41, 5.74) is 1.64. The van der Waals surface area contributed by atoms with Crippen LogP contribution >= 0.6 is 0 Å². The second-order valence-electron chi connectivity index (χ2n) is 5.15. The van der Waals surface area contributed by atoms with Crippen LogP contribution < -0.4 is 10.5 Å². The van der Waals surface area contributed by atoms with Gasteiger partial charge in [-0.3, -0.25) is 14.9 Å². The molecule has 0 spiro atoms. The maximum atomic E-state index is 12.0. The first-order valence-electron chi connectivity index (χ1n) is 6.85. The largest absolute Gasteiger partial charge is 0.326 e. The zero-order valence-electron chi connectivity index (χ0n) is 12.5. The average molecular weight is 349 g/mol. The van der Waals surface area contributed by atoms with Gasteiger partial charge in [-0.25, -0.2) is 13.6 Å². The molecule has 0 aliphatic carbocycles. The Morgan fingerprint density at radius 1 is 1.04 bits per heavy atom. The van der Waals surface area contributed by atoms with Crippen LogP contribution in [0.15, 0.2) is 48.5 Å². The number of hydrogen-bond acceptors (Lipinski definition) is 5. The molecule has 0 heterocycles. The van der Waals surface area contributed by atoms with E-state index in [0.717, 1.165) is 0 Å². The van der Waals surface area contributed by atoms with Crippen molar-refractivity contribution in [2.75, 3.05) is 5.32 Å². The highest BCUT2D eigenvalue weighted by atomic mass is 32.2. The molecule has 3 N–H and O–H groups in total. The summed E-state index contributed by atoms with van der Waals surface area (Å²) < 4.78 is 22.0. The molecule has 0 bridgehead atoms. The molecule has 1 amide bonds. The first-order chi connectivity index (χ1) is 11.2. The summed E-state index contributed by atoms with van der Waals surface area (Å²) >= 11 is 0. The summed E-state index contributed by atoms with van der Waals surface area (Å²) in [7, 11) is -3.60. The van der Waals surface area contributed by atoms with E-state index in [1.165, 1.54) is 24.3 Å². The molecule has 24 heavy (non-hydrogen) atoms. The van der Waals surface area contributed by atoms with Crippen molar-refractivity contribution in [3.05, 3.63) is 69.8 Å². The Morgan fingerprint density at radius 2 is 1.58 bits per heavy atom. The number of sulfonamides is 1. The molecule has 0 radical (unpaired) electrons. The monoisotopic (exact) mass is 349 g/mol. The van der Waals surface area contributed by atoms with E-state index in [1.54, 1.807) is 24.3 Å². The third-order valence-corrected chi connectivity index (χ3v) is 3.85. The lowest BCUT2D eigenvalue weighted by molar-refractivity contribution is -0.384. The van der Waals surface area contributed by atoms with Gasteiger partial charge in [0.25, 0.3) is 5.69 Å². The predicted molar refractivity (Wildman–Crippen MR) is 88.7 cm³/mol. The highest BCUT2D eigenvalue weighted by Crippen LogP contribution is 2.14. The first kappa shape index (κ1) is 17.6. The lowest BCUT2D eigenvalue weighted by atomic mass is 10.1. The minimum atomic E-state index is -3.60. The van der Waals surface area contributed by atoms with E-state index in [0.29, 0.717) is 16.8 Å². The van der Waals surface area contributed by atoms with Gasteiger partial charge < -0.3 is 5.32 Å². The number of carbonyl (C=O) groups excluding carboxylic acids is 1. The fourth-order valence-electron chi connectivity index (χ4n) is 2.04. The van der Waals surface area contributed by atoms with Crippen LogP contribution in [0.2, 0.25) is 0 Å². The van der Waals surface area contributed by atoms with Crippen molar-refractivity contribution in [2.45, 2.75) is 12.2 Å². The maximum Gasteiger partial charge on any atom is 0.269 e. The van der Waals surface area contributed by atoms with Gasteiger partial charge in [0, 0.05) is 17.8 Å². The third-order valence-electron chi connectivity index (χ3n) is 3.12. The van der Waals surface area contributed by atoms with Gasteiger partial charge in [0.1, 0.15) is 0 Å². The number of carbonyl (C=O) groups is 1. The van der Waals surface area contributed by atoms with Gasteiger partial charge in [0.05, 0.1) is 17.1 Å². The number of primary sulfonamides is 1. The van der Waals surface area contributed by atoms with Crippen molar-refractivity contribution in [3.8, 4) is 0 Å². The zero-order valence-corrected chi connectivity index (χ0v) is 13.3. The summed E-state index contributed by atoms with van der Waals surface area (Å²) in [4.78, 5) is 22.0. The van der Waals surface area contributed by atoms with Crippen LogP contribution in [0.5, 0.6) is 0 Å². The molecule has 0 aliphatic rings. The average Bonchev–Trinajstić information content (AvgIpc) is 2.48. The number of rotatable bonds is 6. The number of nitro groups is 1. The highest BCUT2D eigenvalue weighted by Gasteiger charge is 2.09. The van der Waals surface area contributed by atoms with E-state index >= 15 is 0 Å². The molecular formula is C15H15N3O5S. The van der Waals surface area contributed by atoms with Gasteiger partial charge in [-0.1, -0.05) is 24.3 Å². The van der Waals surface area contributed by atoms with Gasteiger partial charge in [0.2, 0.25) is 15.9 Å². The number of nitrogens with two attached hydrogens (primary N) is 1. The molecule has 0 saturated carbocycles. The second kappa shape index (κ2) is 7.20. The Hall–Kier alpha value is -2.78. The maximum absolute atomic E-state index is 12.0. The number of nitrogens with zero attached hydrogens (tertiary/aromatic N) is 1. The van der Waals surface area contributed by atoms with Crippen molar-refractivity contribution in [3.63, 3.8) is 0 Å². The van der Waals surface area contributed by atoms with Crippen LogP contribution in [0.1, 0.15) is 11.1 Å². The number of nitrogens with one attached hydrogen (secondary N) is 1. The van der Waals surface area contributed by atoms with E-state index in [-0.39, 0.29) is 23.8 Å². The highest BCUT2D eigenvalue weighted by molar-refractivity contribution is 7.88. The van der Waals surface area contributed by atoms with Gasteiger partial charge in [0.15, 0.2) is 0 Å². The topological polar surface area (TPSA) is 132 Å². The van der Waals surface area contributed by atoms with Crippen LogP contribution in [0.4, 0.5) is 11.4 Å². The molecule has 0 saturated heterocycles. The molecule has 0 fully saturated rings. The lowest BCUT2D eigenvalue weighted by Gasteiger charge is -2.06. The van der Waals surface area contributed by atoms with E-state index in [9.17, 15) is 23.3 Å². The minimum absolute atomic E-state index is 0.0374. The van der Waals surface area contributed by atoms with Gasteiger partial charge in [-0.2, -0.15) is 0 Å². The number of hydrogen-bond donors (Lipinski definition) is 2. The normalized spacial score (nSPS) is 11.0. The first-order valence-corrected chi connectivity index (χ1v) is 8.57. The SMILES string of the molecule is NS(=O)(=O)Cc1ccc(NC(=O)Cc2ccc([N+](=O)[O-])cc2)cc1.